The van der Waals surface area contributed by atoms with Crippen molar-refractivity contribution in [1.29, 1.82) is 0 Å². The van der Waals surface area contributed by atoms with E-state index in [9.17, 15) is 4.79 Å². The molecule has 0 bridgehead atoms. The first kappa shape index (κ1) is 11.3. The molecule has 2 rings (SSSR count). The second-order valence-corrected chi connectivity index (χ2v) is 3.53. The molecule has 0 aliphatic rings. The number of Topliss-reactive ketones (excluding diaryl/α,β-unsaturated/α-hetero) is 1. The van der Waals surface area contributed by atoms with Crippen LogP contribution in [0, 0.1) is 0 Å². The van der Waals surface area contributed by atoms with Gasteiger partial charge in [0.1, 0.15) is 11.4 Å². The second-order valence-electron chi connectivity index (χ2n) is 3.53. The molecule has 0 aliphatic heterocycles. The Morgan fingerprint density at radius 1 is 1.41 bits per heavy atom. The van der Waals surface area contributed by atoms with Crippen LogP contribution >= 0.6 is 0 Å². The fourth-order valence-corrected chi connectivity index (χ4v) is 1.45. The Balaban J connectivity index is 2.20. The molecule has 0 spiro atoms. The average Bonchev–Trinajstić information content (AvgIpc) is 2.90. The zero-order valence-corrected chi connectivity index (χ0v) is 9.46. The smallest absolute Gasteiger partial charge is 0.202 e. The average molecular weight is 231 g/mol. The van der Waals surface area contributed by atoms with E-state index in [4.69, 9.17) is 4.74 Å². The number of hydrogen-bond acceptors (Lipinski definition) is 4. The van der Waals surface area contributed by atoms with Gasteiger partial charge in [0.05, 0.1) is 6.20 Å². The molecule has 17 heavy (non-hydrogen) atoms. The summed E-state index contributed by atoms with van der Waals surface area (Å²) in [5.41, 5.74) is 0.501. The highest BCUT2D eigenvalue weighted by Crippen LogP contribution is 2.21. The summed E-state index contributed by atoms with van der Waals surface area (Å²) in [5, 5.41) is 10.1. The Hall–Kier alpha value is -2.17. The fourth-order valence-electron chi connectivity index (χ4n) is 1.45. The summed E-state index contributed by atoms with van der Waals surface area (Å²) in [7, 11) is 0. The zero-order chi connectivity index (χ0) is 12.1. The number of ketones is 1. The van der Waals surface area contributed by atoms with Crippen molar-refractivity contribution in [2.45, 2.75) is 19.4 Å². The van der Waals surface area contributed by atoms with Gasteiger partial charge in [-0.1, -0.05) is 25.1 Å². The predicted molar refractivity (Wildman–Crippen MR) is 61.5 cm³/mol. The summed E-state index contributed by atoms with van der Waals surface area (Å²) in [6.45, 7) is 1.80. The van der Waals surface area contributed by atoms with Gasteiger partial charge in [0.15, 0.2) is 5.78 Å². The van der Waals surface area contributed by atoms with E-state index < -0.39 is 6.10 Å². The SMILES string of the molecule is CCC(=O)C(Oc1ccccc1)c1cn[nH]n1. The lowest BCUT2D eigenvalue weighted by Gasteiger charge is -2.14. The van der Waals surface area contributed by atoms with Gasteiger partial charge >= 0.3 is 0 Å². The van der Waals surface area contributed by atoms with E-state index in [1.807, 2.05) is 18.2 Å². The lowest BCUT2D eigenvalue weighted by atomic mass is 10.1. The molecule has 0 saturated carbocycles. The molecule has 1 unspecified atom stereocenters. The molecule has 1 atom stereocenters. The zero-order valence-electron chi connectivity index (χ0n) is 9.46. The number of benzene rings is 1. The minimum Gasteiger partial charge on any atom is -0.476 e. The van der Waals surface area contributed by atoms with Crippen molar-refractivity contribution in [3.8, 4) is 5.75 Å². The quantitative estimate of drug-likeness (QED) is 0.853. The minimum atomic E-state index is -0.693. The van der Waals surface area contributed by atoms with Crippen molar-refractivity contribution in [1.82, 2.24) is 15.4 Å². The number of carbonyl (C=O) groups excluding carboxylic acids is 1. The highest BCUT2D eigenvalue weighted by molar-refractivity contribution is 5.83. The molecule has 1 aromatic heterocycles. The summed E-state index contributed by atoms with van der Waals surface area (Å²) in [4.78, 5) is 11.8. The molecule has 5 heteroatoms. The van der Waals surface area contributed by atoms with Gasteiger partial charge in [-0.2, -0.15) is 15.4 Å². The molecule has 1 N–H and O–H groups in total. The van der Waals surface area contributed by atoms with Crippen LogP contribution in [-0.2, 0) is 4.79 Å². The van der Waals surface area contributed by atoms with Crippen molar-refractivity contribution in [2.75, 3.05) is 0 Å². The number of rotatable bonds is 5. The first-order chi connectivity index (χ1) is 8.31. The third-order valence-corrected chi connectivity index (χ3v) is 2.34. The molecule has 1 heterocycles. The van der Waals surface area contributed by atoms with E-state index >= 15 is 0 Å². The van der Waals surface area contributed by atoms with E-state index in [0.29, 0.717) is 17.9 Å². The molecule has 0 saturated heterocycles. The highest BCUT2D eigenvalue weighted by Gasteiger charge is 2.23. The topological polar surface area (TPSA) is 67.9 Å². The van der Waals surface area contributed by atoms with Crippen molar-refractivity contribution in [3.63, 3.8) is 0 Å². The summed E-state index contributed by atoms with van der Waals surface area (Å²) in [6.07, 6.45) is 1.20. The predicted octanol–water partition coefficient (Wildman–Crippen LogP) is 1.90. The van der Waals surface area contributed by atoms with E-state index in [1.165, 1.54) is 6.20 Å². The van der Waals surface area contributed by atoms with Gasteiger partial charge in [-0.25, -0.2) is 0 Å². The number of nitrogens with one attached hydrogen (secondary N) is 1. The molecule has 88 valence electrons. The largest absolute Gasteiger partial charge is 0.476 e. The maximum absolute atomic E-state index is 11.8. The molecular formula is C12H13N3O2. The van der Waals surface area contributed by atoms with Gasteiger partial charge in [-0.3, -0.25) is 4.79 Å². The number of H-pyrrole nitrogens is 1. The van der Waals surface area contributed by atoms with Crippen LogP contribution in [0.15, 0.2) is 36.5 Å². The molecular weight excluding hydrogens is 218 g/mol. The van der Waals surface area contributed by atoms with Crippen molar-refractivity contribution >= 4 is 5.78 Å². The molecule has 0 aliphatic carbocycles. The molecule has 2 aromatic rings. The van der Waals surface area contributed by atoms with Crippen LogP contribution in [0.2, 0.25) is 0 Å². The van der Waals surface area contributed by atoms with Gasteiger partial charge in [0, 0.05) is 6.42 Å². The maximum atomic E-state index is 11.8. The summed E-state index contributed by atoms with van der Waals surface area (Å²) < 4.78 is 5.64. The van der Waals surface area contributed by atoms with E-state index in [-0.39, 0.29) is 5.78 Å². The number of carbonyl (C=O) groups is 1. The minimum absolute atomic E-state index is 0.0252. The first-order valence-electron chi connectivity index (χ1n) is 5.41. The maximum Gasteiger partial charge on any atom is 0.202 e. The lowest BCUT2D eigenvalue weighted by Crippen LogP contribution is -2.18. The number of ether oxygens (including phenoxy) is 1. The van der Waals surface area contributed by atoms with Crippen LogP contribution in [0.5, 0.6) is 5.75 Å². The van der Waals surface area contributed by atoms with Crippen LogP contribution in [0.3, 0.4) is 0 Å². The normalized spacial score (nSPS) is 12.1. The summed E-state index contributed by atoms with van der Waals surface area (Å²) in [5.74, 6) is 0.616. The van der Waals surface area contributed by atoms with E-state index in [1.54, 1.807) is 19.1 Å². The van der Waals surface area contributed by atoms with Crippen LogP contribution < -0.4 is 4.74 Å². The number of aromatic amines is 1. The number of para-hydroxylation sites is 1. The standard InChI is InChI=1S/C12H13N3O2/c1-2-11(16)12(10-8-13-15-14-10)17-9-6-4-3-5-7-9/h3-8,12H,2H2,1H3,(H,13,14,15). The van der Waals surface area contributed by atoms with Crippen LogP contribution in [0.4, 0.5) is 0 Å². The van der Waals surface area contributed by atoms with Gasteiger partial charge in [-0.15, -0.1) is 0 Å². The third-order valence-electron chi connectivity index (χ3n) is 2.34. The van der Waals surface area contributed by atoms with Crippen molar-refractivity contribution < 1.29 is 9.53 Å². The van der Waals surface area contributed by atoms with Gasteiger partial charge < -0.3 is 4.74 Å². The van der Waals surface area contributed by atoms with Gasteiger partial charge in [0.2, 0.25) is 6.10 Å². The highest BCUT2D eigenvalue weighted by atomic mass is 16.5. The third kappa shape index (κ3) is 2.69. The van der Waals surface area contributed by atoms with Crippen molar-refractivity contribution in [2.24, 2.45) is 0 Å². The Kier molecular flexibility index (Phi) is 3.49. The Morgan fingerprint density at radius 2 is 2.18 bits per heavy atom. The Bertz CT molecular complexity index is 468. The fraction of sp³-hybridized carbons (Fsp3) is 0.250. The summed E-state index contributed by atoms with van der Waals surface area (Å²) >= 11 is 0. The summed E-state index contributed by atoms with van der Waals surface area (Å²) in [6, 6.07) is 9.20. The first-order valence-corrected chi connectivity index (χ1v) is 5.41. The molecule has 0 amide bonds. The number of nitrogens with zero attached hydrogens (tertiary/aromatic N) is 2. The number of aromatic nitrogens is 3. The Morgan fingerprint density at radius 3 is 2.76 bits per heavy atom. The van der Waals surface area contributed by atoms with E-state index in [2.05, 4.69) is 15.4 Å². The molecule has 0 fully saturated rings. The van der Waals surface area contributed by atoms with Crippen LogP contribution in [0.1, 0.15) is 25.1 Å². The van der Waals surface area contributed by atoms with Gasteiger partial charge in [-0.05, 0) is 12.1 Å². The van der Waals surface area contributed by atoms with Gasteiger partial charge in [0.25, 0.3) is 0 Å². The monoisotopic (exact) mass is 231 g/mol. The van der Waals surface area contributed by atoms with Crippen molar-refractivity contribution in [3.05, 3.63) is 42.2 Å². The molecule has 5 nitrogen and oxygen atoms in total. The van der Waals surface area contributed by atoms with E-state index in [0.717, 1.165) is 0 Å². The Labute approximate surface area is 98.8 Å². The number of hydrogen-bond donors (Lipinski definition) is 1. The molecule has 0 radical (unpaired) electrons. The second kappa shape index (κ2) is 5.25. The lowest BCUT2D eigenvalue weighted by molar-refractivity contribution is -0.125. The molecule has 1 aromatic carbocycles. The van der Waals surface area contributed by atoms with Crippen LogP contribution in [0.25, 0.3) is 0 Å². The van der Waals surface area contributed by atoms with Crippen LogP contribution in [-0.4, -0.2) is 21.2 Å².